The van der Waals surface area contributed by atoms with E-state index in [0.29, 0.717) is 12.3 Å². The molecule has 0 spiro atoms. The molecule has 2 amide bonds. The van der Waals surface area contributed by atoms with Crippen LogP contribution in [0.1, 0.15) is 52.0 Å². The molecular formula is C24H36N2O4S. The number of nitrogens with one attached hydrogen (secondary N) is 2. The van der Waals surface area contributed by atoms with E-state index in [2.05, 4.69) is 10.6 Å². The van der Waals surface area contributed by atoms with Crippen molar-refractivity contribution in [1.82, 2.24) is 10.6 Å². The van der Waals surface area contributed by atoms with Crippen molar-refractivity contribution in [3.8, 4) is 5.75 Å². The lowest BCUT2D eigenvalue weighted by Crippen LogP contribution is -2.49. The SMILES string of the molecule is COc1ccc(CNC(=O)[C@H](CSC[C@H]2C[C@@H]3CC[C@@H]2C3)NC(=O)OC(C)(C)C)cc1. The van der Waals surface area contributed by atoms with Gasteiger partial charge in [0.15, 0.2) is 0 Å². The number of benzene rings is 1. The first-order valence-electron chi connectivity index (χ1n) is 11.2. The van der Waals surface area contributed by atoms with E-state index < -0.39 is 17.7 Å². The number of carbonyl (C=O) groups is 2. The maximum atomic E-state index is 12.9. The summed E-state index contributed by atoms with van der Waals surface area (Å²) in [6.45, 7) is 5.84. The van der Waals surface area contributed by atoms with Crippen LogP contribution in [0.5, 0.6) is 5.75 Å². The van der Waals surface area contributed by atoms with Gasteiger partial charge in [0.05, 0.1) is 7.11 Å². The first-order valence-corrected chi connectivity index (χ1v) is 12.4. The second-order valence-corrected chi connectivity index (χ2v) is 10.8. The molecule has 6 nitrogen and oxygen atoms in total. The predicted octanol–water partition coefficient (Wildman–Crippen LogP) is 4.37. The third kappa shape index (κ3) is 7.34. The number of hydrogen-bond donors (Lipinski definition) is 2. The minimum absolute atomic E-state index is 0.192. The fraction of sp³-hybridized carbons (Fsp3) is 0.667. The zero-order chi connectivity index (χ0) is 22.4. The number of alkyl carbamates (subject to hydrolysis) is 1. The molecule has 1 aromatic carbocycles. The molecule has 0 saturated heterocycles. The minimum atomic E-state index is -0.628. The van der Waals surface area contributed by atoms with Crippen molar-refractivity contribution in [2.24, 2.45) is 17.8 Å². The van der Waals surface area contributed by atoms with Gasteiger partial charge < -0.3 is 20.1 Å². The zero-order valence-electron chi connectivity index (χ0n) is 19.1. The lowest BCUT2D eigenvalue weighted by atomic mass is 9.90. The summed E-state index contributed by atoms with van der Waals surface area (Å²) in [6.07, 6.45) is 4.90. The Bertz CT molecular complexity index is 747. The largest absolute Gasteiger partial charge is 0.497 e. The summed E-state index contributed by atoms with van der Waals surface area (Å²) in [5.41, 5.74) is 0.365. The molecule has 2 N–H and O–H groups in total. The van der Waals surface area contributed by atoms with Gasteiger partial charge in [-0.3, -0.25) is 4.79 Å². The molecule has 2 aliphatic carbocycles. The zero-order valence-corrected chi connectivity index (χ0v) is 19.9. The van der Waals surface area contributed by atoms with Crippen LogP contribution in [0.3, 0.4) is 0 Å². The summed E-state index contributed by atoms with van der Waals surface area (Å²) in [7, 11) is 1.62. The summed E-state index contributed by atoms with van der Waals surface area (Å²) in [5.74, 6) is 4.71. The molecule has 0 unspecified atom stereocenters. The quantitative estimate of drug-likeness (QED) is 0.586. The summed E-state index contributed by atoms with van der Waals surface area (Å²) in [5, 5.41) is 5.72. The fourth-order valence-corrected chi connectivity index (χ4v) is 5.92. The number of hydrogen-bond acceptors (Lipinski definition) is 5. The van der Waals surface area contributed by atoms with Gasteiger partial charge in [-0.1, -0.05) is 18.6 Å². The standard InChI is InChI=1S/C24H36N2O4S/c1-24(2,3)30-23(28)26-21(15-31-14-19-12-17-5-8-18(19)11-17)22(27)25-13-16-6-9-20(29-4)10-7-16/h6-7,9-10,17-19,21H,5,8,11-15H2,1-4H3,(H,25,27)(H,26,28)/t17-,18-,19-,21+/m1/s1. The number of carbonyl (C=O) groups excluding carboxylic acids is 2. The van der Waals surface area contributed by atoms with Gasteiger partial charge in [-0.2, -0.15) is 11.8 Å². The van der Waals surface area contributed by atoms with Gasteiger partial charge in [0.2, 0.25) is 5.91 Å². The van der Waals surface area contributed by atoms with Gasteiger partial charge in [-0.25, -0.2) is 4.79 Å². The molecule has 172 valence electrons. The van der Waals surface area contributed by atoms with Gasteiger partial charge in [0.1, 0.15) is 17.4 Å². The minimum Gasteiger partial charge on any atom is -0.497 e. The molecule has 2 fully saturated rings. The Morgan fingerprint density at radius 1 is 1.16 bits per heavy atom. The van der Waals surface area contributed by atoms with Gasteiger partial charge in [-0.15, -0.1) is 0 Å². The highest BCUT2D eigenvalue weighted by Gasteiger charge is 2.39. The van der Waals surface area contributed by atoms with Crippen LogP contribution < -0.4 is 15.4 Å². The van der Waals surface area contributed by atoms with E-state index in [1.807, 2.05) is 45.0 Å². The molecular weight excluding hydrogens is 412 g/mol. The first kappa shape index (κ1) is 23.8. The molecule has 0 radical (unpaired) electrons. The fourth-order valence-electron chi connectivity index (χ4n) is 4.61. The maximum absolute atomic E-state index is 12.9. The van der Waals surface area contributed by atoms with E-state index in [-0.39, 0.29) is 5.91 Å². The number of ether oxygens (including phenoxy) is 2. The normalized spacial score (nSPS) is 23.3. The molecule has 2 bridgehead atoms. The van der Waals surface area contributed by atoms with Gasteiger partial charge in [0, 0.05) is 12.3 Å². The van der Waals surface area contributed by atoms with Crippen LogP contribution in [0.4, 0.5) is 4.79 Å². The predicted molar refractivity (Wildman–Crippen MR) is 124 cm³/mol. The van der Waals surface area contributed by atoms with E-state index in [1.54, 1.807) is 18.9 Å². The highest BCUT2D eigenvalue weighted by atomic mass is 32.2. The van der Waals surface area contributed by atoms with Crippen molar-refractivity contribution in [3.05, 3.63) is 29.8 Å². The Morgan fingerprint density at radius 3 is 2.48 bits per heavy atom. The molecule has 2 aliphatic rings. The second kappa shape index (κ2) is 10.6. The lowest BCUT2D eigenvalue weighted by Gasteiger charge is -2.25. The Morgan fingerprint density at radius 2 is 1.90 bits per heavy atom. The molecule has 0 aliphatic heterocycles. The van der Waals surface area contributed by atoms with Crippen LogP contribution in [-0.4, -0.2) is 42.3 Å². The van der Waals surface area contributed by atoms with Crippen LogP contribution in [-0.2, 0) is 16.1 Å². The molecule has 3 rings (SSSR count). The second-order valence-electron chi connectivity index (χ2n) is 9.74. The number of rotatable bonds is 9. The van der Waals surface area contributed by atoms with Gasteiger partial charge >= 0.3 is 6.09 Å². The maximum Gasteiger partial charge on any atom is 0.408 e. The van der Waals surface area contributed by atoms with Crippen LogP contribution in [0, 0.1) is 17.8 Å². The summed E-state index contributed by atoms with van der Waals surface area (Å²) >= 11 is 1.77. The van der Waals surface area contributed by atoms with E-state index in [0.717, 1.165) is 34.8 Å². The molecule has 31 heavy (non-hydrogen) atoms. The van der Waals surface area contributed by atoms with E-state index >= 15 is 0 Å². The van der Waals surface area contributed by atoms with E-state index in [1.165, 1.54) is 25.7 Å². The number of methoxy groups -OCH3 is 1. The molecule has 2 saturated carbocycles. The van der Waals surface area contributed by atoms with Crippen molar-refractivity contribution in [1.29, 1.82) is 0 Å². The van der Waals surface area contributed by atoms with Crippen molar-refractivity contribution >= 4 is 23.8 Å². The third-order valence-electron chi connectivity index (χ3n) is 6.13. The summed E-state index contributed by atoms with van der Waals surface area (Å²) in [6, 6.07) is 6.93. The van der Waals surface area contributed by atoms with E-state index in [4.69, 9.17) is 9.47 Å². The molecule has 4 atom stereocenters. The van der Waals surface area contributed by atoms with Crippen LogP contribution in [0.15, 0.2) is 24.3 Å². The van der Waals surface area contributed by atoms with Gasteiger partial charge in [-0.05, 0) is 81.2 Å². The topological polar surface area (TPSA) is 76.7 Å². The Labute approximate surface area is 190 Å². The van der Waals surface area contributed by atoms with Crippen LogP contribution >= 0.6 is 11.8 Å². The third-order valence-corrected chi connectivity index (χ3v) is 7.37. The van der Waals surface area contributed by atoms with Crippen molar-refractivity contribution in [3.63, 3.8) is 0 Å². The lowest BCUT2D eigenvalue weighted by molar-refractivity contribution is -0.122. The summed E-state index contributed by atoms with van der Waals surface area (Å²) in [4.78, 5) is 25.2. The highest BCUT2D eigenvalue weighted by Crippen LogP contribution is 2.49. The van der Waals surface area contributed by atoms with Crippen molar-refractivity contribution in [2.45, 2.75) is 64.6 Å². The Hall–Kier alpha value is -1.89. The molecule has 7 heteroatoms. The Kier molecular flexibility index (Phi) is 8.14. The molecule has 0 heterocycles. The Balaban J connectivity index is 1.52. The molecule has 1 aromatic rings. The monoisotopic (exact) mass is 448 g/mol. The number of thioether (sulfide) groups is 1. The average molecular weight is 449 g/mol. The van der Waals surface area contributed by atoms with Crippen LogP contribution in [0.25, 0.3) is 0 Å². The van der Waals surface area contributed by atoms with Crippen molar-refractivity contribution in [2.75, 3.05) is 18.6 Å². The average Bonchev–Trinajstić information content (AvgIpc) is 3.33. The van der Waals surface area contributed by atoms with Crippen molar-refractivity contribution < 1.29 is 19.1 Å². The van der Waals surface area contributed by atoms with Gasteiger partial charge in [0.25, 0.3) is 0 Å². The molecule has 0 aromatic heterocycles. The van der Waals surface area contributed by atoms with E-state index in [9.17, 15) is 9.59 Å². The smallest absolute Gasteiger partial charge is 0.408 e. The highest BCUT2D eigenvalue weighted by molar-refractivity contribution is 7.99. The summed E-state index contributed by atoms with van der Waals surface area (Å²) < 4.78 is 10.5. The van der Waals surface area contributed by atoms with Crippen LogP contribution in [0.2, 0.25) is 0 Å². The first-order chi connectivity index (χ1) is 14.7. The number of amides is 2. The number of fused-ring (bicyclic) bond motifs is 2.